The number of aromatic nitrogens is 2. The molecule has 2 aromatic rings. The number of likely N-dealkylation sites (tertiary alicyclic amines) is 1. The molecule has 0 bridgehead atoms. The molecule has 2 heterocycles. The van der Waals surface area contributed by atoms with E-state index in [4.69, 9.17) is 9.47 Å². The highest BCUT2D eigenvalue weighted by Crippen LogP contribution is 2.32. The summed E-state index contributed by atoms with van der Waals surface area (Å²) in [7, 11) is 3.21. The molecule has 1 aromatic carbocycles. The van der Waals surface area contributed by atoms with Gasteiger partial charge in [0.15, 0.2) is 11.5 Å². The van der Waals surface area contributed by atoms with Gasteiger partial charge in [-0.15, -0.1) is 10.2 Å². The minimum atomic E-state index is 0.176. The van der Waals surface area contributed by atoms with E-state index in [1.165, 1.54) is 18.2 Å². The summed E-state index contributed by atoms with van der Waals surface area (Å²) in [4.78, 5) is 14.7. The predicted molar refractivity (Wildman–Crippen MR) is 111 cm³/mol. The molecule has 1 fully saturated rings. The van der Waals surface area contributed by atoms with Gasteiger partial charge in [-0.05, 0) is 63.4 Å². The number of carbonyl (C=O) groups excluding carboxylic acids is 1. The fraction of sp³-hybridized carbons (Fsp3) is 0.476. The minimum Gasteiger partial charge on any atom is -0.493 e. The molecule has 0 saturated carbocycles. The van der Waals surface area contributed by atoms with Crippen molar-refractivity contribution < 1.29 is 14.3 Å². The largest absolute Gasteiger partial charge is 0.493 e. The van der Waals surface area contributed by atoms with E-state index in [0.717, 1.165) is 29.1 Å². The van der Waals surface area contributed by atoms with E-state index >= 15 is 0 Å². The summed E-state index contributed by atoms with van der Waals surface area (Å²) in [5.41, 5.74) is 1.64. The number of piperidine rings is 1. The van der Waals surface area contributed by atoms with Crippen molar-refractivity contribution in [1.82, 2.24) is 15.1 Å². The van der Waals surface area contributed by atoms with E-state index in [1.54, 1.807) is 14.2 Å². The number of carbonyl (C=O) groups is 1. The highest BCUT2D eigenvalue weighted by atomic mass is 32.2. The first-order valence-corrected chi connectivity index (χ1v) is 10.5. The molecule has 1 amide bonds. The normalized spacial score (nSPS) is 19.4. The Kier molecular flexibility index (Phi) is 6.78. The number of rotatable bonds is 6. The van der Waals surface area contributed by atoms with Gasteiger partial charge in [0.2, 0.25) is 5.91 Å². The molecule has 3 rings (SSSR count). The van der Waals surface area contributed by atoms with Gasteiger partial charge in [-0.3, -0.25) is 4.79 Å². The van der Waals surface area contributed by atoms with Crippen molar-refractivity contribution in [2.45, 2.75) is 50.2 Å². The molecule has 0 radical (unpaired) electrons. The van der Waals surface area contributed by atoms with Crippen molar-refractivity contribution in [2.24, 2.45) is 0 Å². The SMILES string of the molecule is COc1ccc(-c2ccc(SCC(=O)N3[C@H](C)CCC[C@H]3C)nn2)cc1OC. The van der Waals surface area contributed by atoms with Gasteiger partial charge in [-0.25, -0.2) is 0 Å². The third-order valence-corrected chi connectivity index (χ3v) is 6.05. The Morgan fingerprint density at radius 3 is 2.39 bits per heavy atom. The Morgan fingerprint density at radius 2 is 1.79 bits per heavy atom. The summed E-state index contributed by atoms with van der Waals surface area (Å²) in [5, 5.41) is 9.33. The van der Waals surface area contributed by atoms with E-state index in [9.17, 15) is 4.79 Å². The Hall–Kier alpha value is -2.28. The van der Waals surface area contributed by atoms with Crippen LogP contribution in [0, 0.1) is 0 Å². The van der Waals surface area contributed by atoms with Gasteiger partial charge >= 0.3 is 0 Å². The van der Waals surface area contributed by atoms with E-state index in [0.29, 0.717) is 29.3 Å². The van der Waals surface area contributed by atoms with Gasteiger partial charge in [0, 0.05) is 17.6 Å². The third kappa shape index (κ3) is 4.58. The molecule has 1 aromatic heterocycles. The van der Waals surface area contributed by atoms with Crippen LogP contribution in [0.4, 0.5) is 0 Å². The van der Waals surface area contributed by atoms with Crippen LogP contribution in [0.5, 0.6) is 11.5 Å². The molecule has 28 heavy (non-hydrogen) atoms. The number of nitrogens with zero attached hydrogens (tertiary/aromatic N) is 3. The van der Waals surface area contributed by atoms with Crippen LogP contribution in [-0.4, -0.2) is 53.1 Å². The van der Waals surface area contributed by atoms with E-state index < -0.39 is 0 Å². The molecule has 0 aliphatic carbocycles. The quantitative estimate of drug-likeness (QED) is 0.681. The fourth-order valence-corrected chi connectivity index (χ4v) is 4.35. The van der Waals surface area contributed by atoms with Crippen LogP contribution in [0.3, 0.4) is 0 Å². The molecule has 2 atom stereocenters. The third-order valence-electron chi connectivity index (χ3n) is 5.14. The molecule has 1 aliphatic heterocycles. The lowest BCUT2D eigenvalue weighted by Crippen LogP contribution is -2.48. The Balaban J connectivity index is 1.64. The topological polar surface area (TPSA) is 64.5 Å². The maximum Gasteiger partial charge on any atom is 0.233 e. The van der Waals surface area contributed by atoms with Crippen LogP contribution in [0.2, 0.25) is 0 Å². The second-order valence-corrected chi connectivity index (χ2v) is 8.04. The van der Waals surface area contributed by atoms with Crippen LogP contribution in [-0.2, 0) is 4.79 Å². The number of ether oxygens (including phenoxy) is 2. The number of methoxy groups -OCH3 is 2. The minimum absolute atomic E-state index is 0.176. The van der Waals surface area contributed by atoms with E-state index in [1.807, 2.05) is 35.2 Å². The second-order valence-electron chi connectivity index (χ2n) is 7.05. The smallest absolute Gasteiger partial charge is 0.233 e. The first-order valence-electron chi connectivity index (χ1n) is 9.53. The Morgan fingerprint density at radius 1 is 1.07 bits per heavy atom. The molecular formula is C21H27N3O3S. The standard InChI is InChI=1S/C21H27N3O3S/c1-14-6-5-7-15(2)24(14)21(25)13-28-20-11-9-17(22-23-20)16-8-10-18(26-3)19(12-16)27-4/h8-12,14-15H,5-7,13H2,1-4H3/t14-,15-/m1/s1. The van der Waals surface area contributed by atoms with Crippen molar-refractivity contribution >= 4 is 17.7 Å². The summed E-state index contributed by atoms with van der Waals surface area (Å²) in [6, 6.07) is 10.1. The molecule has 7 heteroatoms. The molecule has 0 unspecified atom stereocenters. The summed E-state index contributed by atoms with van der Waals surface area (Å²) in [6.45, 7) is 4.27. The number of amides is 1. The molecule has 0 spiro atoms. The van der Waals surface area contributed by atoms with Crippen LogP contribution in [0.15, 0.2) is 35.4 Å². The molecule has 1 saturated heterocycles. The maximum atomic E-state index is 12.6. The van der Waals surface area contributed by atoms with Gasteiger partial charge < -0.3 is 14.4 Å². The van der Waals surface area contributed by atoms with E-state index in [2.05, 4.69) is 24.0 Å². The Labute approximate surface area is 170 Å². The second kappa shape index (κ2) is 9.28. The summed E-state index contributed by atoms with van der Waals surface area (Å²) >= 11 is 1.43. The zero-order valence-corrected chi connectivity index (χ0v) is 17.7. The average Bonchev–Trinajstić information content (AvgIpc) is 2.72. The molecule has 6 nitrogen and oxygen atoms in total. The summed E-state index contributed by atoms with van der Waals surface area (Å²) in [5.74, 6) is 1.89. The number of hydrogen-bond donors (Lipinski definition) is 0. The lowest BCUT2D eigenvalue weighted by atomic mass is 9.98. The Bertz CT molecular complexity index is 803. The first kappa shape index (κ1) is 20.5. The zero-order valence-electron chi connectivity index (χ0n) is 16.8. The van der Waals surface area contributed by atoms with Crippen molar-refractivity contribution in [2.75, 3.05) is 20.0 Å². The van der Waals surface area contributed by atoms with Crippen LogP contribution >= 0.6 is 11.8 Å². The summed E-state index contributed by atoms with van der Waals surface area (Å²) in [6.07, 6.45) is 3.36. The molecular weight excluding hydrogens is 374 g/mol. The van der Waals surface area contributed by atoms with E-state index in [-0.39, 0.29) is 5.91 Å². The highest BCUT2D eigenvalue weighted by Gasteiger charge is 2.28. The lowest BCUT2D eigenvalue weighted by molar-refractivity contribution is -0.134. The van der Waals surface area contributed by atoms with Gasteiger partial charge in [0.1, 0.15) is 5.03 Å². The maximum absolute atomic E-state index is 12.6. The van der Waals surface area contributed by atoms with Crippen molar-refractivity contribution in [3.63, 3.8) is 0 Å². The number of hydrogen-bond acceptors (Lipinski definition) is 6. The number of thioether (sulfide) groups is 1. The van der Waals surface area contributed by atoms with Crippen molar-refractivity contribution in [1.29, 1.82) is 0 Å². The van der Waals surface area contributed by atoms with Gasteiger partial charge in [-0.2, -0.15) is 0 Å². The predicted octanol–water partition coefficient (Wildman–Crippen LogP) is 4.04. The van der Waals surface area contributed by atoms with Gasteiger partial charge in [-0.1, -0.05) is 11.8 Å². The lowest BCUT2D eigenvalue weighted by Gasteiger charge is -2.39. The zero-order chi connectivity index (χ0) is 20.1. The monoisotopic (exact) mass is 401 g/mol. The number of benzene rings is 1. The van der Waals surface area contributed by atoms with Crippen molar-refractivity contribution in [3.8, 4) is 22.8 Å². The van der Waals surface area contributed by atoms with Gasteiger partial charge in [0.05, 0.1) is 25.7 Å². The summed E-state index contributed by atoms with van der Waals surface area (Å²) < 4.78 is 10.6. The van der Waals surface area contributed by atoms with Gasteiger partial charge in [0.25, 0.3) is 0 Å². The molecule has 1 aliphatic rings. The van der Waals surface area contributed by atoms with Crippen LogP contribution in [0.1, 0.15) is 33.1 Å². The highest BCUT2D eigenvalue weighted by molar-refractivity contribution is 7.99. The van der Waals surface area contributed by atoms with Crippen molar-refractivity contribution in [3.05, 3.63) is 30.3 Å². The fourth-order valence-electron chi connectivity index (χ4n) is 3.67. The first-order chi connectivity index (χ1) is 13.5. The van der Waals surface area contributed by atoms with Crippen LogP contribution in [0.25, 0.3) is 11.3 Å². The molecule has 150 valence electrons. The molecule has 0 N–H and O–H groups in total. The van der Waals surface area contributed by atoms with Crippen LogP contribution < -0.4 is 9.47 Å². The average molecular weight is 402 g/mol.